The van der Waals surface area contributed by atoms with Crippen LogP contribution in [0.1, 0.15) is 45.6 Å². The molecule has 0 radical (unpaired) electrons. The highest BCUT2D eigenvalue weighted by atomic mass is 32.2. The Labute approximate surface area is 231 Å². The largest absolute Gasteiger partial charge is 0.354 e. The molecule has 2 rings (SSSR count). The summed E-state index contributed by atoms with van der Waals surface area (Å²) in [5.41, 5.74) is 0.817. The van der Waals surface area contributed by atoms with Crippen molar-refractivity contribution < 1.29 is 27.6 Å². The Morgan fingerprint density at radius 3 is 2.18 bits per heavy atom. The van der Waals surface area contributed by atoms with E-state index >= 15 is 0 Å². The molecule has 1 fully saturated rings. The molecule has 4 N–H and O–H groups in total. The predicted molar refractivity (Wildman–Crippen MR) is 147 cm³/mol. The fourth-order valence-electron chi connectivity index (χ4n) is 4.08. The Balaban J connectivity index is 2.30. The van der Waals surface area contributed by atoms with Gasteiger partial charge >= 0.3 is 0 Å². The maximum absolute atomic E-state index is 13.2. The Morgan fingerprint density at radius 1 is 0.923 bits per heavy atom. The second kappa shape index (κ2) is 14.9. The van der Waals surface area contributed by atoms with Crippen LogP contribution in [0.25, 0.3) is 0 Å². The van der Waals surface area contributed by atoms with E-state index in [2.05, 4.69) is 21.3 Å². The van der Waals surface area contributed by atoms with Gasteiger partial charge in [0, 0.05) is 46.6 Å². The van der Waals surface area contributed by atoms with Gasteiger partial charge in [-0.25, -0.2) is 0 Å². The van der Waals surface area contributed by atoms with Gasteiger partial charge in [0.25, 0.3) is 10.2 Å². The van der Waals surface area contributed by atoms with Crippen molar-refractivity contribution in [2.75, 3.05) is 33.7 Å². The van der Waals surface area contributed by atoms with Gasteiger partial charge in [0.2, 0.25) is 23.6 Å². The molecule has 218 valence electrons. The maximum Gasteiger partial charge on any atom is 0.281 e. The zero-order valence-corrected chi connectivity index (χ0v) is 24.2. The summed E-state index contributed by atoms with van der Waals surface area (Å²) in [5.74, 6) is -2.12. The zero-order chi connectivity index (χ0) is 29.2. The molecule has 1 aliphatic heterocycles. The molecular formula is C26H42N6O6S. The third kappa shape index (κ3) is 9.90. The van der Waals surface area contributed by atoms with E-state index in [1.807, 2.05) is 30.3 Å². The van der Waals surface area contributed by atoms with E-state index in [0.29, 0.717) is 6.42 Å². The number of nitrogens with zero attached hydrogens (tertiary/aromatic N) is 2. The molecule has 13 heteroatoms. The minimum atomic E-state index is -3.76. The summed E-state index contributed by atoms with van der Waals surface area (Å²) in [6.07, 6.45) is 0.778. The molecule has 1 saturated heterocycles. The Hall–Kier alpha value is -3.03. The van der Waals surface area contributed by atoms with Gasteiger partial charge < -0.3 is 21.3 Å². The van der Waals surface area contributed by atoms with Crippen LogP contribution in [0.2, 0.25) is 0 Å². The van der Waals surface area contributed by atoms with Crippen LogP contribution in [0, 0.1) is 5.92 Å². The van der Waals surface area contributed by atoms with Crippen LogP contribution >= 0.6 is 0 Å². The number of amides is 4. The van der Waals surface area contributed by atoms with Crippen LogP contribution in [0.3, 0.4) is 0 Å². The third-order valence-corrected chi connectivity index (χ3v) is 8.36. The van der Waals surface area contributed by atoms with Gasteiger partial charge in [-0.05, 0) is 31.2 Å². The van der Waals surface area contributed by atoms with E-state index < -0.39 is 52.0 Å². The monoisotopic (exact) mass is 566 g/mol. The van der Waals surface area contributed by atoms with E-state index in [9.17, 15) is 27.6 Å². The third-order valence-electron chi connectivity index (χ3n) is 6.42. The molecule has 0 aromatic heterocycles. The molecule has 0 unspecified atom stereocenters. The van der Waals surface area contributed by atoms with Crippen molar-refractivity contribution in [1.29, 1.82) is 0 Å². The van der Waals surface area contributed by atoms with Gasteiger partial charge in [-0.3, -0.25) is 19.2 Å². The van der Waals surface area contributed by atoms with Crippen molar-refractivity contribution >= 4 is 33.8 Å². The molecular weight excluding hydrogens is 524 g/mol. The lowest BCUT2D eigenvalue weighted by Gasteiger charge is -2.27. The van der Waals surface area contributed by atoms with Crippen LogP contribution in [-0.2, 0) is 35.8 Å². The van der Waals surface area contributed by atoms with Gasteiger partial charge in [0.1, 0.15) is 18.1 Å². The molecule has 12 nitrogen and oxygen atoms in total. The summed E-state index contributed by atoms with van der Waals surface area (Å²) in [6, 6.07) is 6.38. The molecule has 1 aromatic rings. The predicted octanol–water partition coefficient (Wildman–Crippen LogP) is -0.232. The smallest absolute Gasteiger partial charge is 0.281 e. The van der Waals surface area contributed by atoms with Gasteiger partial charge in [-0.1, -0.05) is 44.2 Å². The molecule has 0 spiro atoms. The number of hydrogen-bond acceptors (Lipinski definition) is 6. The molecule has 3 atom stereocenters. The van der Waals surface area contributed by atoms with E-state index in [0.717, 1.165) is 9.87 Å². The van der Waals surface area contributed by atoms with Gasteiger partial charge in [-0.2, -0.15) is 17.0 Å². The molecule has 0 bridgehead atoms. The lowest BCUT2D eigenvalue weighted by atomic mass is 10.0. The highest BCUT2D eigenvalue weighted by Crippen LogP contribution is 2.10. The van der Waals surface area contributed by atoms with Crippen LogP contribution in [0.5, 0.6) is 0 Å². The van der Waals surface area contributed by atoms with Crippen molar-refractivity contribution in [1.82, 2.24) is 29.9 Å². The van der Waals surface area contributed by atoms with Gasteiger partial charge in [-0.15, -0.1) is 0 Å². The molecule has 4 amide bonds. The summed E-state index contributed by atoms with van der Waals surface area (Å²) in [4.78, 5) is 51.7. The Bertz CT molecular complexity index is 1100. The topological polar surface area (TPSA) is 157 Å². The summed E-state index contributed by atoms with van der Waals surface area (Å²) in [6.45, 7) is 5.52. The summed E-state index contributed by atoms with van der Waals surface area (Å²) in [7, 11) is -0.897. The second-order valence-electron chi connectivity index (χ2n) is 10.2. The zero-order valence-electron chi connectivity index (χ0n) is 23.4. The maximum atomic E-state index is 13.2. The molecule has 1 aliphatic rings. The van der Waals surface area contributed by atoms with Crippen molar-refractivity contribution in [3.63, 3.8) is 0 Å². The van der Waals surface area contributed by atoms with Crippen molar-refractivity contribution in [2.45, 2.75) is 64.6 Å². The standard InChI is InChI=1S/C26H42N6O6S/c1-18(2)23-26(36)27-14-10-16-32(39(37,38)31(4)5)15-9-13-22(33)29-21(17-20-11-7-6-8-12-20)25(35)28-19(3)24(34)30-23/h6-8,11-12,18-19,21,23H,9-10,13-17H2,1-5H3,(H,27,36)(H,28,35)(H,29,33)(H,30,34)/t19-,21+,23-/m1/s1. The minimum Gasteiger partial charge on any atom is -0.354 e. The van der Waals surface area contributed by atoms with Crippen molar-refractivity contribution in [2.24, 2.45) is 5.92 Å². The quantitative estimate of drug-likeness (QED) is 0.386. The first-order chi connectivity index (χ1) is 18.3. The fourth-order valence-corrected chi connectivity index (χ4v) is 5.27. The summed E-state index contributed by atoms with van der Waals surface area (Å²) < 4.78 is 28.0. The number of nitrogens with one attached hydrogen (secondary N) is 4. The highest BCUT2D eigenvalue weighted by molar-refractivity contribution is 7.86. The van der Waals surface area contributed by atoms with E-state index in [1.54, 1.807) is 13.8 Å². The van der Waals surface area contributed by atoms with Crippen LogP contribution in [0.4, 0.5) is 0 Å². The summed E-state index contributed by atoms with van der Waals surface area (Å²) >= 11 is 0. The Morgan fingerprint density at radius 2 is 1.56 bits per heavy atom. The SMILES string of the molecule is CC(C)[C@H]1NC(=O)[C@@H](C)NC(=O)[C@H](Cc2ccccc2)NC(=O)CCCN(S(=O)(=O)N(C)C)CCCNC1=O. The molecule has 1 heterocycles. The lowest BCUT2D eigenvalue weighted by Crippen LogP contribution is -2.57. The highest BCUT2D eigenvalue weighted by Gasteiger charge is 2.30. The number of hydrogen-bond donors (Lipinski definition) is 4. The number of carbonyl (C=O) groups excluding carboxylic acids is 4. The van der Waals surface area contributed by atoms with Crippen LogP contribution < -0.4 is 21.3 Å². The average Bonchev–Trinajstić information content (AvgIpc) is 2.87. The van der Waals surface area contributed by atoms with Crippen LogP contribution in [0.15, 0.2) is 30.3 Å². The fraction of sp³-hybridized carbons (Fsp3) is 0.615. The van der Waals surface area contributed by atoms with Gasteiger partial charge in [0.15, 0.2) is 0 Å². The number of rotatable bonds is 5. The van der Waals surface area contributed by atoms with E-state index in [4.69, 9.17) is 0 Å². The van der Waals surface area contributed by atoms with Gasteiger partial charge in [0.05, 0.1) is 0 Å². The lowest BCUT2D eigenvalue weighted by molar-refractivity contribution is -0.134. The van der Waals surface area contributed by atoms with Crippen molar-refractivity contribution in [3.8, 4) is 0 Å². The first-order valence-electron chi connectivity index (χ1n) is 13.2. The molecule has 0 saturated carbocycles. The molecule has 1 aromatic carbocycles. The first kappa shape index (κ1) is 32.2. The average molecular weight is 567 g/mol. The van der Waals surface area contributed by atoms with E-state index in [1.165, 1.54) is 25.3 Å². The van der Waals surface area contributed by atoms with Crippen LogP contribution in [-0.4, -0.2) is 92.5 Å². The van der Waals surface area contributed by atoms with Crippen molar-refractivity contribution in [3.05, 3.63) is 35.9 Å². The second-order valence-corrected chi connectivity index (χ2v) is 12.4. The normalized spacial score (nSPS) is 23.8. The first-order valence-corrected chi connectivity index (χ1v) is 14.6. The Kier molecular flexibility index (Phi) is 12.3. The molecule has 39 heavy (non-hydrogen) atoms. The number of benzene rings is 1. The summed E-state index contributed by atoms with van der Waals surface area (Å²) in [5, 5.41) is 10.8. The van der Waals surface area contributed by atoms with E-state index in [-0.39, 0.29) is 44.8 Å². The molecule has 0 aliphatic carbocycles. The number of carbonyl (C=O) groups is 4. The minimum absolute atomic E-state index is 0.000855.